The first-order valence-corrected chi connectivity index (χ1v) is 10.7. The van der Waals surface area contributed by atoms with Crippen LogP contribution in [0.5, 0.6) is 5.75 Å². The number of carboxylic acid groups (broad SMARTS) is 1. The Kier molecular flexibility index (Phi) is 6.69. The van der Waals surface area contributed by atoms with Gasteiger partial charge in [-0.25, -0.2) is 0 Å². The van der Waals surface area contributed by atoms with Crippen LogP contribution in [0.2, 0.25) is 0 Å². The molecule has 0 radical (unpaired) electrons. The van der Waals surface area contributed by atoms with E-state index < -0.39 is 5.97 Å². The van der Waals surface area contributed by atoms with E-state index in [9.17, 15) is 10.1 Å². The number of hydrogen-bond donors (Lipinski definition) is 3. The van der Waals surface area contributed by atoms with Crippen molar-refractivity contribution in [2.75, 3.05) is 18.4 Å². The Morgan fingerprint density at radius 3 is 2.69 bits per heavy atom. The van der Waals surface area contributed by atoms with Crippen LogP contribution >= 0.6 is 0 Å². The number of nitriles is 1. The van der Waals surface area contributed by atoms with Gasteiger partial charge in [-0.15, -0.1) is 0 Å². The maximum Gasteiger partial charge on any atom is 0.307 e. The molecule has 6 nitrogen and oxygen atoms in total. The second kappa shape index (κ2) is 9.99. The summed E-state index contributed by atoms with van der Waals surface area (Å²) in [5, 5.41) is 25.5. The molecule has 0 saturated carbocycles. The molecule has 32 heavy (non-hydrogen) atoms. The molecule has 1 heterocycles. The van der Waals surface area contributed by atoms with Crippen molar-refractivity contribution in [3.63, 3.8) is 0 Å². The molecule has 0 aromatic heterocycles. The fraction of sp³-hybridized carbons (Fsp3) is 0.231. The lowest BCUT2D eigenvalue weighted by Gasteiger charge is -2.34. The number of benzene rings is 3. The molecule has 0 spiro atoms. The van der Waals surface area contributed by atoms with Crippen molar-refractivity contribution in [3.05, 3.63) is 95.1 Å². The van der Waals surface area contributed by atoms with E-state index in [1.54, 1.807) is 6.07 Å². The van der Waals surface area contributed by atoms with E-state index in [2.05, 4.69) is 28.8 Å². The number of anilines is 1. The monoisotopic (exact) mass is 427 g/mol. The third-order valence-electron chi connectivity index (χ3n) is 5.55. The van der Waals surface area contributed by atoms with Crippen LogP contribution in [-0.4, -0.2) is 30.3 Å². The largest absolute Gasteiger partial charge is 0.483 e. The highest BCUT2D eigenvalue weighted by Crippen LogP contribution is 2.35. The Morgan fingerprint density at radius 2 is 1.91 bits per heavy atom. The van der Waals surface area contributed by atoms with Gasteiger partial charge in [0.15, 0.2) is 5.75 Å². The molecule has 0 aliphatic carbocycles. The SMILES string of the molecule is N#Cc1cccc2c1O[C@@H]([C@H](NCCc1cccc(CC(=O)O)c1)c1ccccc1)CN2. The van der Waals surface area contributed by atoms with Gasteiger partial charge in [0.25, 0.3) is 0 Å². The summed E-state index contributed by atoms with van der Waals surface area (Å²) in [4.78, 5) is 11.0. The van der Waals surface area contributed by atoms with Crippen molar-refractivity contribution in [1.29, 1.82) is 5.26 Å². The van der Waals surface area contributed by atoms with E-state index >= 15 is 0 Å². The molecular weight excluding hydrogens is 402 g/mol. The van der Waals surface area contributed by atoms with Crippen molar-refractivity contribution in [2.45, 2.75) is 25.0 Å². The van der Waals surface area contributed by atoms with Crippen LogP contribution in [0.4, 0.5) is 5.69 Å². The van der Waals surface area contributed by atoms with Gasteiger partial charge in [0, 0.05) is 0 Å². The standard InChI is InChI=1S/C26H25N3O3/c27-16-21-10-5-11-22-26(21)32-23(17-29-22)25(20-8-2-1-3-9-20)28-13-12-18-6-4-7-19(14-18)15-24(30)31/h1-11,14,23,25,28-29H,12-13,15,17H2,(H,30,31)/t23-,25-/m1/s1. The van der Waals surface area contributed by atoms with Crippen molar-refractivity contribution in [1.82, 2.24) is 5.32 Å². The molecule has 0 saturated heterocycles. The third kappa shape index (κ3) is 5.08. The van der Waals surface area contributed by atoms with Gasteiger partial charge in [-0.05, 0) is 41.8 Å². The first kappa shape index (κ1) is 21.4. The maximum absolute atomic E-state index is 11.0. The van der Waals surface area contributed by atoms with Crippen LogP contribution in [0.25, 0.3) is 0 Å². The number of rotatable bonds is 8. The Morgan fingerprint density at radius 1 is 1.12 bits per heavy atom. The Bertz CT molecular complexity index is 1120. The highest BCUT2D eigenvalue weighted by molar-refractivity contribution is 5.70. The Balaban J connectivity index is 1.49. The highest BCUT2D eigenvalue weighted by Gasteiger charge is 2.29. The molecule has 2 atom stereocenters. The number of para-hydroxylation sites is 1. The first-order chi connectivity index (χ1) is 15.6. The minimum atomic E-state index is -0.830. The summed E-state index contributed by atoms with van der Waals surface area (Å²) in [6.07, 6.45) is 0.588. The highest BCUT2D eigenvalue weighted by atomic mass is 16.5. The molecule has 3 aromatic rings. The van der Waals surface area contributed by atoms with Crippen LogP contribution in [-0.2, 0) is 17.6 Å². The van der Waals surface area contributed by atoms with Gasteiger partial charge in [-0.1, -0.05) is 60.7 Å². The quantitative estimate of drug-likeness (QED) is 0.504. The summed E-state index contributed by atoms with van der Waals surface area (Å²) in [6, 6.07) is 25.5. The zero-order valence-electron chi connectivity index (χ0n) is 17.6. The number of carbonyl (C=O) groups is 1. The molecule has 162 valence electrons. The number of fused-ring (bicyclic) bond motifs is 1. The van der Waals surface area contributed by atoms with Gasteiger partial charge in [0.1, 0.15) is 12.2 Å². The molecule has 1 aliphatic heterocycles. The van der Waals surface area contributed by atoms with Crippen LogP contribution in [0.15, 0.2) is 72.8 Å². The summed E-state index contributed by atoms with van der Waals surface area (Å²) >= 11 is 0. The summed E-state index contributed by atoms with van der Waals surface area (Å²) < 4.78 is 6.32. The second-order valence-electron chi connectivity index (χ2n) is 7.81. The third-order valence-corrected chi connectivity index (χ3v) is 5.55. The van der Waals surface area contributed by atoms with E-state index in [4.69, 9.17) is 9.84 Å². The van der Waals surface area contributed by atoms with Crippen molar-refractivity contribution in [3.8, 4) is 11.8 Å². The molecule has 4 rings (SSSR count). The zero-order valence-corrected chi connectivity index (χ0v) is 17.6. The lowest BCUT2D eigenvalue weighted by Crippen LogP contribution is -2.43. The molecule has 1 aliphatic rings. The number of hydrogen-bond acceptors (Lipinski definition) is 5. The fourth-order valence-electron chi connectivity index (χ4n) is 4.05. The van der Waals surface area contributed by atoms with E-state index in [1.165, 1.54) is 0 Å². The van der Waals surface area contributed by atoms with Crippen molar-refractivity contribution < 1.29 is 14.6 Å². The van der Waals surface area contributed by atoms with E-state index in [1.807, 2.05) is 54.6 Å². The number of ether oxygens (including phenoxy) is 1. The smallest absolute Gasteiger partial charge is 0.307 e. The van der Waals surface area contributed by atoms with Crippen molar-refractivity contribution >= 4 is 11.7 Å². The Labute approximate surface area is 187 Å². The molecule has 0 bridgehead atoms. The minimum Gasteiger partial charge on any atom is -0.483 e. The van der Waals surface area contributed by atoms with Crippen LogP contribution < -0.4 is 15.4 Å². The normalized spacial score (nSPS) is 15.5. The predicted octanol–water partition coefficient (Wildman–Crippen LogP) is 3.93. The van der Waals surface area contributed by atoms with E-state index in [-0.39, 0.29) is 18.6 Å². The first-order valence-electron chi connectivity index (χ1n) is 10.7. The number of aliphatic carboxylic acids is 1. The van der Waals surface area contributed by atoms with Gasteiger partial charge < -0.3 is 20.5 Å². The van der Waals surface area contributed by atoms with Gasteiger partial charge in [-0.2, -0.15) is 5.26 Å². The fourth-order valence-corrected chi connectivity index (χ4v) is 4.05. The minimum absolute atomic E-state index is 0.0239. The topological polar surface area (TPSA) is 94.4 Å². The summed E-state index contributed by atoms with van der Waals surface area (Å²) in [5.41, 5.74) is 4.35. The van der Waals surface area contributed by atoms with Gasteiger partial charge in [-0.3, -0.25) is 4.79 Å². The number of nitrogens with one attached hydrogen (secondary N) is 2. The van der Waals surface area contributed by atoms with Crippen LogP contribution in [0.3, 0.4) is 0 Å². The molecule has 6 heteroatoms. The van der Waals surface area contributed by atoms with Gasteiger partial charge >= 0.3 is 5.97 Å². The number of nitrogens with zero attached hydrogens (tertiary/aromatic N) is 1. The van der Waals surface area contributed by atoms with Crippen LogP contribution in [0, 0.1) is 11.3 Å². The summed E-state index contributed by atoms with van der Waals surface area (Å²) in [6.45, 7) is 1.31. The summed E-state index contributed by atoms with van der Waals surface area (Å²) in [7, 11) is 0. The lowest BCUT2D eigenvalue weighted by atomic mass is 9.98. The average molecular weight is 428 g/mol. The molecule has 3 N–H and O–H groups in total. The Hall–Kier alpha value is -3.82. The van der Waals surface area contributed by atoms with E-state index in [0.717, 1.165) is 28.8 Å². The van der Waals surface area contributed by atoms with E-state index in [0.29, 0.717) is 24.4 Å². The van der Waals surface area contributed by atoms with Gasteiger partial charge in [0.2, 0.25) is 0 Å². The molecular formula is C26H25N3O3. The predicted molar refractivity (Wildman–Crippen MR) is 123 cm³/mol. The second-order valence-corrected chi connectivity index (χ2v) is 7.81. The molecule has 0 amide bonds. The average Bonchev–Trinajstić information content (AvgIpc) is 2.81. The molecule has 0 fully saturated rings. The maximum atomic E-state index is 11.0. The lowest BCUT2D eigenvalue weighted by molar-refractivity contribution is -0.136. The molecule has 3 aromatic carbocycles. The number of carboxylic acids is 1. The molecule has 0 unspecified atom stereocenters. The van der Waals surface area contributed by atoms with Crippen LogP contribution in [0.1, 0.15) is 28.3 Å². The van der Waals surface area contributed by atoms with Crippen molar-refractivity contribution in [2.24, 2.45) is 0 Å². The zero-order chi connectivity index (χ0) is 22.3. The summed E-state index contributed by atoms with van der Waals surface area (Å²) in [5.74, 6) is -0.237. The van der Waals surface area contributed by atoms with Gasteiger partial charge in [0.05, 0.1) is 30.3 Å².